The summed E-state index contributed by atoms with van der Waals surface area (Å²) in [5.41, 5.74) is 2.22. The van der Waals surface area contributed by atoms with Crippen LogP contribution in [0.1, 0.15) is 20.8 Å². The molecule has 0 fully saturated rings. The lowest BCUT2D eigenvalue weighted by Gasteiger charge is -2.21. The fourth-order valence-corrected chi connectivity index (χ4v) is 3.61. The Kier molecular flexibility index (Phi) is 6.47. The number of carbonyl (C=O) groups is 1. The summed E-state index contributed by atoms with van der Waals surface area (Å²) >= 11 is 1.43. The molecular weight excluding hydrogens is 334 g/mol. The highest BCUT2D eigenvalue weighted by Crippen LogP contribution is 2.27. The van der Waals surface area contributed by atoms with Crippen molar-refractivity contribution < 1.29 is 4.79 Å². The molecule has 0 aliphatic heterocycles. The molecule has 0 aliphatic rings. The SMILES string of the molecule is CCN(CC)c1ccc(-c2nnc(SC(C)C(=O)N(C)C)n2C)cc1. The van der Waals surface area contributed by atoms with Crippen molar-refractivity contribution in [2.75, 3.05) is 32.1 Å². The van der Waals surface area contributed by atoms with Gasteiger partial charge in [-0.15, -0.1) is 10.2 Å². The van der Waals surface area contributed by atoms with Gasteiger partial charge in [0, 0.05) is 45.5 Å². The lowest BCUT2D eigenvalue weighted by Crippen LogP contribution is -2.29. The minimum Gasteiger partial charge on any atom is -0.372 e. The number of rotatable bonds is 7. The molecule has 1 amide bonds. The summed E-state index contributed by atoms with van der Waals surface area (Å²) in [5, 5.41) is 9.11. The highest BCUT2D eigenvalue weighted by atomic mass is 32.2. The van der Waals surface area contributed by atoms with Crippen LogP contribution in [0.2, 0.25) is 0 Å². The zero-order valence-corrected chi connectivity index (χ0v) is 16.7. The van der Waals surface area contributed by atoms with E-state index >= 15 is 0 Å². The normalized spacial score (nSPS) is 12.1. The van der Waals surface area contributed by atoms with E-state index in [-0.39, 0.29) is 11.2 Å². The van der Waals surface area contributed by atoms with Crippen LogP contribution in [0.5, 0.6) is 0 Å². The first kappa shape index (κ1) is 19.3. The van der Waals surface area contributed by atoms with Crippen LogP contribution in [0.15, 0.2) is 29.4 Å². The molecule has 0 saturated heterocycles. The fraction of sp³-hybridized carbons (Fsp3) is 0.500. The molecule has 2 rings (SSSR count). The van der Waals surface area contributed by atoms with Gasteiger partial charge in [0.25, 0.3) is 0 Å². The van der Waals surface area contributed by atoms with Crippen molar-refractivity contribution in [3.8, 4) is 11.4 Å². The second-order valence-corrected chi connectivity index (χ2v) is 7.39. The van der Waals surface area contributed by atoms with Crippen molar-refractivity contribution in [3.63, 3.8) is 0 Å². The third-order valence-corrected chi connectivity index (χ3v) is 5.28. The minimum atomic E-state index is -0.198. The average molecular weight is 362 g/mol. The molecule has 1 unspecified atom stereocenters. The van der Waals surface area contributed by atoms with E-state index in [0.717, 1.165) is 29.6 Å². The molecule has 0 saturated carbocycles. The quantitative estimate of drug-likeness (QED) is 0.710. The third kappa shape index (κ3) is 4.34. The van der Waals surface area contributed by atoms with Crippen molar-refractivity contribution >= 4 is 23.4 Å². The lowest BCUT2D eigenvalue weighted by molar-refractivity contribution is -0.127. The van der Waals surface area contributed by atoms with Gasteiger partial charge in [0.15, 0.2) is 11.0 Å². The Morgan fingerprint density at radius 3 is 2.28 bits per heavy atom. The number of hydrogen-bond donors (Lipinski definition) is 0. The Bertz CT molecular complexity index is 707. The van der Waals surface area contributed by atoms with Crippen molar-refractivity contribution in [1.29, 1.82) is 0 Å². The standard InChI is InChI=1S/C18H27N5OS/c1-7-23(8-2)15-11-9-14(10-12-15)16-19-20-18(22(16)6)25-13(3)17(24)21(4)5/h9-13H,7-8H2,1-6H3. The predicted molar refractivity (Wildman–Crippen MR) is 104 cm³/mol. The van der Waals surface area contributed by atoms with E-state index in [1.54, 1.807) is 19.0 Å². The summed E-state index contributed by atoms with van der Waals surface area (Å²) in [6.07, 6.45) is 0. The summed E-state index contributed by atoms with van der Waals surface area (Å²) in [6, 6.07) is 8.37. The molecule has 1 aromatic heterocycles. The number of aromatic nitrogens is 3. The van der Waals surface area contributed by atoms with E-state index in [4.69, 9.17) is 0 Å². The molecule has 0 aliphatic carbocycles. The number of benzene rings is 1. The highest BCUT2D eigenvalue weighted by Gasteiger charge is 2.20. The Morgan fingerprint density at radius 1 is 1.16 bits per heavy atom. The van der Waals surface area contributed by atoms with E-state index in [9.17, 15) is 4.79 Å². The summed E-state index contributed by atoms with van der Waals surface area (Å²) in [6.45, 7) is 8.16. The molecule has 1 aromatic carbocycles. The van der Waals surface area contributed by atoms with Gasteiger partial charge in [-0.1, -0.05) is 11.8 Å². The highest BCUT2D eigenvalue weighted by molar-refractivity contribution is 8.00. The first-order chi connectivity index (χ1) is 11.9. The summed E-state index contributed by atoms with van der Waals surface area (Å²) in [5.74, 6) is 0.872. The van der Waals surface area contributed by atoms with Gasteiger partial charge in [-0.05, 0) is 45.0 Å². The van der Waals surface area contributed by atoms with E-state index in [0.29, 0.717) is 0 Å². The van der Waals surface area contributed by atoms with Gasteiger partial charge in [-0.3, -0.25) is 4.79 Å². The Hall–Kier alpha value is -2.02. The molecular formula is C18H27N5OS. The number of thioether (sulfide) groups is 1. The second-order valence-electron chi connectivity index (χ2n) is 6.08. The monoisotopic (exact) mass is 361 g/mol. The van der Waals surface area contributed by atoms with E-state index in [2.05, 4.69) is 53.2 Å². The van der Waals surface area contributed by atoms with E-state index in [1.807, 2.05) is 18.5 Å². The smallest absolute Gasteiger partial charge is 0.235 e. The van der Waals surface area contributed by atoms with E-state index in [1.165, 1.54) is 17.4 Å². The molecule has 0 N–H and O–H groups in total. The number of nitrogens with zero attached hydrogens (tertiary/aromatic N) is 5. The molecule has 136 valence electrons. The number of anilines is 1. The van der Waals surface area contributed by atoms with Crippen molar-refractivity contribution in [3.05, 3.63) is 24.3 Å². The first-order valence-electron chi connectivity index (χ1n) is 8.51. The zero-order valence-electron chi connectivity index (χ0n) is 15.9. The van der Waals surface area contributed by atoms with Crippen LogP contribution < -0.4 is 4.90 Å². The minimum absolute atomic E-state index is 0.0677. The number of carbonyl (C=O) groups excluding carboxylic acids is 1. The molecule has 0 radical (unpaired) electrons. The van der Waals surface area contributed by atoms with Crippen LogP contribution in [0.4, 0.5) is 5.69 Å². The van der Waals surface area contributed by atoms with Gasteiger partial charge in [-0.25, -0.2) is 0 Å². The van der Waals surface area contributed by atoms with E-state index < -0.39 is 0 Å². The molecule has 1 atom stereocenters. The van der Waals surface area contributed by atoms with Crippen LogP contribution in [0, 0.1) is 0 Å². The Labute approximate surface area is 154 Å². The largest absolute Gasteiger partial charge is 0.372 e. The predicted octanol–water partition coefficient (Wildman–Crippen LogP) is 2.90. The van der Waals surface area contributed by atoms with Gasteiger partial charge >= 0.3 is 0 Å². The van der Waals surface area contributed by atoms with Gasteiger partial charge in [0.2, 0.25) is 5.91 Å². The second kappa shape index (κ2) is 8.38. The third-order valence-electron chi connectivity index (χ3n) is 4.16. The maximum absolute atomic E-state index is 12.0. The van der Waals surface area contributed by atoms with Crippen LogP contribution in [-0.2, 0) is 11.8 Å². The van der Waals surface area contributed by atoms with Crippen molar-refractivity contribution in [2.24, 2.45) is 7.05 Å². The summed E-state index contributed by atoms with van der Waals surface area (Å²) < 4.78 is 1.94. The van der Waals surface area contributed by atoms with Crippen LogP contribution in [0.25, 0.3) is 11.4 Å². The number of hydrogen-bond acceptors (Lipinski definition) is 5. The molecule has 6 nitrogen and oxygen atoms in total. The maximum atomic E-state index is 12.0. The Balaban J connectivity index is 2.19. The van der Waals surface area contributed by atoms with Gasteiger partial charge in [-0.2, -0.15) is 0 Å². The summed E-state index contributed by atoms with van der Waals surface area (Å²) in [7, 11) is 5.46. The van der Waals surface area contributed by atoms with Gasteiger partial charge in [0.05, 0.1) is 5.25 Å². The maximum Gasteiger partial charge on any atom is 0.235 e. The molecule has 0 bridgehead atoms. The molecule has 1 heterocycles. The lowest BCUT2D eigenvalue weighted by atomic mass is 10.2. The summed E-state index contributed by atoms with van der Waals surface area (Å²) in [4.78, 5) is 15.9. The van der Waals surface area contributed by atoms with Crippen LogP contribution in [0.3, 0.4) is 0 Å². The van der Waals surface area contributed by atoms with Crippen molar-refractivity contribution in [2.45, 2.75) is 31.2 Å². The number of amides is 1. The Morgan fingerprint density at radius 2 is 1.76 bits per heavy atom. The topological polar surface area (TPSA) is 54.3 Å². The van der Waals surface area contributed by atoms with Gasteiger partial charge < -0.3 is 14.4 Å². The van der Waals surface area contributed by atoms with Crippen LogP contribution >= 0.6 is 11.8 Å². The first-order valence-corrected chi connectivity index (χ1v) is 9.39. The van der Waals surface area contributed by atoms with Gasteiger partial charge in [0.1, 0.15) is 0 Å². The van der Waals surface area contributed by atoms with Crippen LogP contribution in [-0.4, -0.2) is 58.0 Å². The average Bonchev–Trinajstić information content (AvgIpc) is 2.96. The molecule has 25 heavy (non-hydrogen) atoms. The molecule has 2 aromatic rings. The zero-order chi connectivity index (χ0) is 18.6. The van der Waals surface area contributed by atoms with Crippen molar-refractivity contribution in [1.82, 2.24) is 19.7 Å². The molecule has 0 spiro atoms. The molecule has 7 heteroatoms. The fourth-order valence-electron chi connectivity index (χ4n) is 2.65.